The summed E-state index contributed by atoms with van der Waals surface area (Å²) < 4.78 is 7.59. The third-order valence-electron chi connectivity index (χ3n) is 4.82. The molecule has 128 valence electrons. The van der Waals surface area contributed by atoms with Crippen LogP contribution in [0.1, 0.15) is 17.0 Å². The molecule has 4 rings (SSSR count). The number of aryl methyl sites for hydroxylation is 1. The van der Waals surface area contributed by atoms with Gasteiger partial charge in [-0.3, -0.25) is 4.90 Å². The Labute approximate surface area is 148 Å². The highest BCUT2D eigenvalue weighted by Crippen LogP contribution is 2.25. The van der Waals surface area contributed by atoms with Crippen LogP contribution in [0.25, 0.3) is 11.3 Å². The van der Waals surface area contributed by atoms with Crippen LogP contribution in [0.4, 0.5) is 0 Å². The average Bonchev–Trinajstić information content (AvgIpc) is 3.05. The molecule has 0 saturated heterocycles. The monoisotopic (exact) mass is 333 g/mol. The Bertz CT molecular complexity index is 867. The second-order valence-corrected chi connectivity index (χ2v) is 6.64. The van der Waals surface area contributed by atoms with Crippen LogP contribution in [0.3, 0.4) is 0 Å². The van der Waals surface area contributed by atoms with E-state index in [9.17, 15) is 0 Å². The van der Waals surface area contributed by atoms with E-state index in [1.54, 1.807) is 7.11 Å². The van der Waals surface area contributed by atoms with Gasteiger partial charge in [-0.15, -0.1) is 0 Å². The minimum absolute atomic E-state index is 0.887. The first-order valence-electron chi connectivity index (χ1n) is 8.69. The van der Waals surface area contributed by atoms with E-state index < -0.39 is 0 Å². The first-order chi connectivity index (χ1) is 12.2. The number of benzene rings is 2. The van der Waals surface area contributed by atoms with Crippen molar-refractivity contribution in [1.82, 2.24) is 14.5 Å². The number of hydrogen-bond acceptors (Lipinski definition) is 3. The number of imidazole rings is 1. The van der Waals surface area contributed by atoms with Crippen molar-refractivity contribution in [3.05, 3.63) is 71.7 Å². The summed E-state index contributed by atoms with van der Waals surface area (Å²) in [7, 11) is 1.70. The van der Waals surface area contributed by atoms with Crippen LogP contribution in [0.15, 0.2) is 54.7 Å². The van der Waals surface area contributed by atoms with Gasteiger partial charge in [0.1, 0.15) is 11.6 Å². The predicted molar refractivity (Wildman–Crippen MR) is 99.5 cm³/mol. The van der Waals surface area contributed by atoms with Gasteiger partial charge in [-0.2, -0.15) is 0 Å². The van der Waals surface area contributed by atoms with E-state index >= 15 is 0 Å². The third kappa shape index (κ3) is 3.30. The second kappa shape index (κ2) is 6.73. The molecule has 0 N–H and O–H groups in total. The molecule has 0 fully saturated rings. The molecule has 4 nitrogen and oxygen atoms in total. The first-order valence-corrected chi connectivity index (χ1v) is 8.69. The number of nitrogens with zero attached hydrogens (tertiary/aromatic N) is 3. The standard InChI is InChI=1S/C21H23N3O/c1-16-4-3-5-18(12-16)20-13-22-21-15-23(10-11-24(20)21)14-17-6-8-19(25-2)9-7-17/h3-9,12-13H,10-11,14-15H2,1-2H3. The molecule has 0 unspecified atom stereocenters. The molecule has 0 bridgehead atoms. The van der Waals surface area contributed by atoms with Crippen molar-refractivity contribution in [2.24, 2.45) is 0 Å². The molecular formula is C21H23N3O. The summed E-state index contributed by atoms with van der Waals surface area (Å²) in [6.07, 6.45) is 2.01. The number of ether oxygens (including phenoxy) is 1. The lowest BCUT2D eigenvalue weighted by Gasteiger charge is -2.28. The topological polar surface area (TPSA) is 30.3 Å². The second-order valence-electron chi connectivity index (χ2n) is 6.64. The smallest absolute Gasteiger partial charge is 0.123 e. The highest BCUT2D eigenvalue weighted by atomic mass is 16.5. The van der Waals surface area contributed by atoms with E-state index in [1.807, 2.05) is 18.3 Å². The highest BCUT2D eigenvalue weighted by Gasteiger charge is 2.20. The van der Waals surface area contributed by atoms with Crippen LogP contribution in [-0.4, -0.2) is 28.1 Å². The van der Waals surface area contributed by atoms with Crippen LogP contribution in [0.2, 0.25) is 0 Å². The SMILES string of the molecule is COc1ccc(CN2CCn3c(-c4cccc(C)c4)cnc3C2)cc1. The molecule has 0 atom stereocenters. The fourth-order valence-corrected chi connectivity index (χ4v) is 3.47. The lowest BCUT2D eigenvalue weighted by molar-refractivity contribution is 0.209. The summed E-state index contributed by atoms with van der Waals surface area (Å²) in [5.41, 5.74) is 5.06. The molecule has 1 aliphatic heterocycles. The van der Waals surface area contributed by atoms with Crippen molar-refractivity contribution in [3.63, 3.8) is 0 Å². The highest BCUT2D eigenvalue weighted by molar-refractivity contribution is 5.60. The zero-order valence-corrected chi connectivity index (χ0v) is 14.8. The van der Waals surface area contributed by atoms with Gasteiger partial charge in [0.2, 0.25) is 0 Å². The molecule has 4 heteroatoms. The van der Waals surface area contributed by atoms with Gasteiger partial charge in [-0.1, -0.05) is 35.9 Å². The van der Waals surface area contributed by atoms with Gasteiger partial charge in [0, 0.05) is 25.2 Å². The van der Waals surface area contributed by atoms with Crippen molar-refractivity contribution in [1.29, 1.82) is 0 Å². The summed E-state index contributed by atoms with van der Waals surface area (Å²) >= 11 is 0. The maximum Gasteiger partial charge on any atom is 0.123 e. The van der Waals surface area contributed by atoms with Crippen LogP contribution < -0.4 is 4.74 Å². The molecule has 2 heterocycles. The molecule has 0 saturated carbocycles. The Balaban J connectivity index is 1.50. The molecule has 0 spiro atoms. The molecule has 0 radical (unpaired) electrons. The summed E-state index contributed by atoms with van der Waals surface area (Å²) in [4.78, 5) is 7.13. The predicted octanol–water partition coefficient (Wildman–Crippen LogP) is 3.88. The average molecular weight is 333 g/mol. The normalized spacial score (nSPS) is 14.3. The minimum Gasteiger partial charge on any atom is -0.497 e. The minimum atomic E-state index is 0.887. The fourth-order valence-electron chi connectivity index (χ4n) is 3.47. The van der Waals surface area contributed by atoms with Gasteiger partial charge < -0.3 is 9.30 Å². The van der Waals surface area contributed by atoms with E-state index in [2.05, 4.69) is 57.8 Å². The van der Waals surface area contributed by atoms with Crippen molar-refractivity contribution in [2.75, 3.05) is 13.7 Å². The van der Waals surface area contributed by atoms with Crippen LogP contribution >= 0.6 is 0 Å². The molecule has 3 aromatic rings. The number of rotatable bonds is 4. The molecule has 0 amide bonds. The zero-order chi connectivity index (χ0) is 17.2. The van der Waals surface area contributed by atoms with Crippen LogP contribution in [0.5, 0.6) is 5.75 Å². The van der Waals surface area contributed by atoms with Gasteiger partial charge in [-0.05, 0) is 30.7 Å². The zero-order valence-electron chi connectivity index (χ0n) is 14.8. The Morgan fingerprint density at radius 2 is 1.92 bits per heavy atom. The van der Waals surface area contributed by atoms with Crippen LogP contribution in [-0.2, 0) is 19.6 Å². The molecule has 2 aromatic carbocycles. The Kier molecular flexibility index (Phi) is 4.28. The number of hydrogen-bond donors (Lipinski definition) is 0. The van der Waals surface area contributed by atoms with Gasteiger partial charge in [-0.25, -0.2) is 4.98 Å². The van der Waals surface area contributed by atoms with Gasteiger partial charge in [0.15, 0.2) is 0 Å². The van der Waals surface area contributed by atoms with Crippen molar-refractivity contribution in [2.45, 2.75) is 26.6 Å². The Hall–Kier alpha value is -2.59. The van der Waals surface area contributed by atoms with E-state index in [0.717, 1.165) is 37.8 Å². The lowest BCUT2D eigenvalue weighted by Crippen LogP contribution is -2.33. The first kappa shape index (κ1) is 15.9. The van der Waals surface area contributed by atoms with Crippen molar-refractivity contribution in [3.8, 4) is 17.0 Å². The maximum atomic E-state index is 5.23. The maximum absolute atomic E-state index is 5.23. The Morgan fingerprint density at radius 3 is 2.68 bits per heavy atom. The van der Waals surface area contributed by atoms with Crippen molar-refractivity contribution >= 4 is 0 Å². The lowest BCUT2D eigenvalue weighted by atomic mass is 10.1. The van der Waals surface area contributed by atoms with Gasteiger partial charge in [0.05, 0.1) is 25.5 Å². The number of methoxy groups -OCH3 is 1. The summed E-state index contributed by atoms with van der Waals surface area (Å²) in [5.74, 6) is 2.05. The fraction of sp³-hybridized carbons (Fsp3) is 0.286. The number of fused-ring (bicyclic) bond motifs is 1. The summed E-state index contributed by atoms with van der Waals surface area (Å²) in [5, 5.41) is 0. The Morgan fingerprint density at radius 1 is 1.08 bits per heavy atom. The third-order valence-corrected chi connectivity index (χ3v) is 4.82. The van der Waals surface area contributed by atoms with E-state index in [0.29, 0.717) is 0 Å². The number of aromatic nitrogens is 2. The summed E-state index contributed by atoms with van der Waals surface area (Å²) in [6.45, 7) is 5.98. The molecule has 1 aromatic heterocycles. The van der Waals surface area contributed by atoms with Gasteiger partial charge in [0.25, 0.3) is 0 Å². The summed E-state index contributed by atoms with van der Waals surface area (Å²) in [6, 6.07) is 17.0. The van der Waals surface area contributed by atoms with Crippen LogP contribution in [0, 0.1) is 6.92 Å². The van der Waals surface area contributed by atoms with E-state index in [4.69, 9.17) is 4.74 Å². The van der Waals surface area contributed by atoms with Gasteiger partial charge >= 0.3 is 0 Å². The molecule has 0 aliphatic carbocycles. The molecule has 25 heavy (non-hydrogen) atoms. The molecular weight excluding hydrogens is 310 g/mol. The van der Waals surface area contributed by atoms with Crippen molar-refractivity contribution < 1.29 is 4.74 Å². The van der Waals surface area contributed by atoms with E-state index in [-0.39, 0.29) is 0 Å². The van der Waals surface area contributed by atoms with E-state index in [1.165, 1.54) is 22.4 Å². The largest absolute Gasteiger partial charge is 0.497 e. The quantitative estimate of drug-likeness (QED) is 0.726. The molecule has 1 aliphatic rings.